The molecule has 2 aliphatic heterocycles. The Bertz CT molecular complexity index is 963. The van der Waals surface area contributed by atoms with Crippen LogP contribution >= 0.6 is 0 Å². The maximum absolute atomic E-state index is 13.1. The summed E-state index contributed by atoms with van der Waals surface area (Å²) in [5, 5.41) is 0. The van der Waals surface area contributed by atoms with Crippen molar-refractivity contribution in [3.05, 3.63) is 47.0 Å². The number of rotatable bonds is 4. The molecule has 0 radical (unpaired) electrons. The van der Waals surface area contributed by atoms with Crippen LogP contribution in [0.4, 0.5) is 19.1 Å². The molecule has 172 valence electrons. The van der Waals surface area contributed by atoms with Crippen molar-refractivity contribution >= 4 is 11.9 Å². The Labute approximate surface area is 184 Å². The van der Waals surface area contributed by atoms with E-state index >= 15 is 0 Å². The summed E-state index contributed by atoms with van der Waals surface area (Å²) in [6, 6.07) is 3.88. The van der Waals surface area contributed by atoms with Crippen LogP contribution in [0.3, 0.4) is 0 Å². The molecule has 0 N–H and O–H groups in total. The van der Waals surface area contributed by atoms with E-state index in [1.54, 1.807) is 6.92 Å². The summed E-state index contributed by atoms with van der Waals surface area (Å²) < 4.78 is 44.8. The van der Waals surface area contributed by atoms with Crippen LogP contribution in [0.5, 0.6) is 0 Å². The first-order chi connectivity index (χ1) is 15.3. The number of nitrogens with zero attached hydrogens (tertiary/aromatic N) is 5. The molecule has 4 heterocycles. The van der Waals surface area contributed by atoms with Crippen LogP contribution in [0.1, 0.15) is 48.3 Å². The van der Waals surface area contributed by atoms with Gasteiger partial charge in [-0.05, 0) is 31.0 Å². The number of carbonyl (C=O) groups is 1. The maximum Gasteiger partial charge on any atom is 0.416 e. The van der Waals surface area contributed by atoms with Crippen LogP contribution < -0.4 is 4.90 Å². The summed E-state index contributed by atoms with van der Waals surface area (Å²) in [4.78, 5) is 29.3. The molecule has 0 bridgehead atoms. The van der Waals surface area contributed by atoms with Gasteiger partial charge in [-0.3, -0.25) is 9.78 Å². The number of likely N-dealkylation sites (tertiary alicyclic amines) is 1. The van der Waals surface area contributed by atoms with E-state index < -0.39 is 11.7 Å². The van der Waals surface area contributed by atoms with Crippen molar-refractivity contribution in [2.75, 3.05) is 44.3 Å². The average Bonchev–Trinajstić information content (AvgIpc) is 2.79. The highest BCUT2D eigenvalue weighted by Crippen LogP contribution is 2.30. The summed E-state index contributed by atoms with van der Waals surface area (Å²) in [5.41, 5.74) is 0.999. The Kier molecular flexibility index (Phi) is 6.59. The summed E-state index contributed by atoms with van der Waals surface area (Å²) in [5.74, 6) is 0.641. The number of carbonyl (C=O) groups excluding carboxylic acids is 1. The van der Waals surface area contributed by atoms with Gasteiger partial charge < -0.3 is 14.5 Å². The van der Waals surface area contributed by atoms with Crippen LogP contribution in [0.2, 0.25) is 0 Å². The number of piperidine rings is 1. The Morgan fingerprint density at radius 1 is 1.16 bits per heavy atom. The zero-order valence-electron chi connectivity index (χ0n) is 17.9. The van der Waals surface area contributed by atoms with Crippen molar-refractivity contribution in [2.45, 2.75) is 38.3 Å². The molecule has 2 saturated heterocycles. The lowest BCUT2D eigenvalue weighted by Crippen LogP contribution is -2.39. The topological polar surface area (TPSA) is 71.5 Å². The van der Waals surface area contributed by atoms with Crippen LogP contribution in [0.15, 0.2) is 24.4 Å². The third-order valence-corrected chi connectivity index (χ3v) is 5.87. The Balaban J connectivity index is 1.65. The molecule has 2 aromatic rings. The van der Waals surface area contributed by atoms with Gasteiger partial charge in [0.2, 0.25) is 11.9 Å². The predicted octanol–water partition coefficient (Wildman–Crippen LogP) is 3.04. The van der Waals surface area contributed by atoms with Crippen molar-refractivity contribution in [3.63, 3.8) is 0 Å². The molecule has 2 aromatic heterocycles. The number of ether oxygens (including phenoxy) is 1. The second-order valence-corrected chi connectivity index (χ2v) is 8.20. The van der Waals surface area contributed by atoms with E-state index in [2.05, 4.69) is 9.97 Å². The number of hydrogen-bond donors (Lipinski definition) is 0. The molecule has 2 fully saturated rings. The summed E-state index contributed by atoms with van der Waals surface area (Å²) in [6.45, 7) is 5.31. The number of halogens is 3. The maximum atomic E-state index is 13.1. The minimum Gasteiger partial charge on any atom is -0.378 e. The second kappa shape index (κ2) is 9.40. The molecule has 0 spiro atoms. The van der Waals surface area contributed by atoms with Gasteiger partial charge in [-0.2, -0.15) is 13.2 Å². The van der Waals surface area contributed by atoms with Gasteiger partial charge in [0.05, 0.1) is 30.2 Å². The second-order valence-electron chi connectivity index (χ2n) is 8.20. The van der Waals surface area contributed by atoms with Crippen molar-refractivity contribution in [2.24, 2.45) is 0 Å². The number of alkyl halides is 3. The zero-order valence-corrected chi connectivity index (χ0v) is 17.9. The van der Waals surface area contributed by atoms with Gasteiger partial charge in [0, 0.05) is 57.3 Å². The van der Waals surface area contributed by atoms with Crippen LogP contribution in [0, 0.1) is 0 Å². The lowest BCUT2D eigenvalue weighted by atomic mass is 9.93. The third kappa shape index (κ3) is 5.35. The normalized spacial score (nSPS) is 19.8. The molecular weight excluding hydrogens is 423 g/mol. The molecule has 4 rings (SSSR count). The van der Waals surface area contributed by atoms with Gasteiger partial charge in [0.1, 0.15) is 0 Å². The monoisotopic (exact) mass is 449 g/mol. The fourth-order valence-electron chi connectivity index (χ4n) is 4.15. The van der Waals surface area contributed by atoms with Crippen LogP contribution in [-0.4, -0.2) is 65.2 Å². The van der Waals surface area contributed by atoms with Crippen LogP contribution in [-0.2, 0) is 22.1 Å². The predicted molar refractivity (Wildman–Crippen MR) is 111 cm³/mol. The number of pyridine rings is 1. The molecule has 0 aromatic carbocycles. The molecule has 7 nitrogen and oxygen atoms in total. The standard InChI is InChI=1S/C22H26F3N5O2/c1-15(31)30-6-2-3-16(14-30)20-13-19(27-21(28-20)29-7-9-32-10-8-29)12-18-11-17(4-5-26-18)22(23,24)25/h4-5,11,13,16H,2-3,6-10,12,14H2,1H3. The van der Waals surface area contributed by atoms with Gasteiger partial charge in [0.25, 0.3) is 0 Å². The lowest BCUT2D eigenvalue weighted by Gasteiger charge is -2.33. The summed E-state index contributed by atoms with van der Waals surface area (Å²) >= 11 is 0. The molecule has 1 amide bonds. The fraction of sp³-hybridized carbons (Fsp3) is 0.545. The van der Waals surface area contributed by atoms with E-state index in [1.165, 1.54) is 6.20 Å². The van der Waals surface area contributed by atoms with Crippen molar-refractivity contribution in [3.8, 4) is 0 Å². The molecule has 1 unspecified atom stereocenters. The van der Waals surface area contributed by atoms with E-state index in [1.807, 2.05) is 15.9 Å². The van der Waals surface area contributed by atoms with Crippen molar-refractivity contribution in [1.82, 2.24) is 19.9 Å². The lowest BCUT2D eigenvalue weighted by molar-refractivity contribution is -0.137. The van der Waals surface area contributed by atoms with E-state index in [9.17, 15) is 18.0 Å². The first-order valence-corrected chi connectivity index (χ1v) is 10.8. The SMILES string of the molecule is CC(=O)N1CCCC(c2cc(Cc3cc(C(F)(F)F)ccn3)nc(N3CCOCC3)n2)C1. The minimum atomic E-state index is -4.42. The molecule has 10 heteroatoms. The number of hydrogen-bond acceptors (Lipinski definition) is 6. The summed E-state index contributed by atoms with van der Waals surface area (Å²) in [7, 11) is 0. The van der Waals surface area contributed by atoms with Gasteiger partial charge in [-0.15, -0.1) is 0 Å². The van der Waals surface area contributed by atoms with Gasteiger partial charge in [0.15, 0.2) is 0 Å². The quantitative estimate of drug-likeness (QED) is 0.715. The highest BCUT2D eigenvalue weighted by Gasteiger charge is 2.31. The minimum absolute atomic E-state index is 0.0329. The van der Waals surface area contributed by atoms with Crippen molar-refractivity contribution < 1.29 is 22.7 Å². The smallest absolute Gasteiger partial charge is 0.378 e. The zero-order chi connectivity index (χ0) is 22.7. The average molecular weight is 449 g/mol. The number of anilines is 1. The molecule has 0 saturated carbocycles. The first-order valence-electron chi connectivity index (χ1n) is 10.8. The first kappa shape index (κ1) is 22.4. The Morgan fingerprint density at radius 3 is 2.66 bits per heavy atom. The highest BCUT2D eigenvalue weighted by atomic mass is 19.4. The largest absolute Gasteiger partial charge is 0.416 e. The molecular formula is C22H26F3N5O2. The van der Waals surface area contributed by atoms with Gasteiger partial charge in [-0.1, -0.05) is 0 Å². The molecule has 1 atom stereocenters. The van der Waals surface area contributed by atoms with E-state index in [0.29, 0.717) is 50.2 Å². The summed E-state index contributed by atoms with van der Waals surface area (Å²) in [6.07, 6.45) is -1.31. The Morgan fingerprint density at radius 2 is 1.94 bits per heavy atom. The fourth-order valence-corrected chi connectivity index (χ4v) is 4.15. The Hall–Kier alpha value is -2.75. The number of morpholine rings is 1. The van der Waals surface area contributed by atoms with E-state index in [-0.39, 0.29) is 18.2 Å². The number of amides is 1. The van der Waals surface area contributed by atoms with Gasteiger partial charge in [-0.25, -0.2) is 9.97 Å². The van der Waals surface area contributed by atoms with Crippen LogP contribution in [0.25, 0.3) is 0 Å². The number of aromatic nitrogens is 3. The van der Waals surface area contributed by atoms with E-state index in [0.717, 1.165) is 37.2 Å². The van der Waals surface area contributed by atoms with E-state index in [4.69, 9.17) is 9.72 Å². The molecule has 0 aliphatic carbocycles. The third-order valence-electron chi connectivity index (χ3n) is 5.87. The van der Waals surface area contributed by atoms with Crippen molar-refractivity contribution in [1.29, 1.82) is 0 Å². The van der Waals surface area contributed by atoms with Gasteiger partial charge >= 0.3 is 6.18 Å². The molecule has 2 aliphatic rings. The highest BCUT2D eigenvalue weighted by molar-refractivity contribution is 5.73. The molecule has 32 heavy (non-hydrogen) atoms.